The van der Waals surface area contributed by atoms with Crippen LogP contribution in [0.15, 0.2) is 47.4 Å². The van der Waals surface area contributed by atoms with Gasteiger partial charge in [0.15, 0.2) is 15.0 Å². The minimum Gasteiger partial charge on any atom is -0.308 e. The highest BCUT2D eigenvalue weighted by molar-refractivity contribution is 7.92. The summed E-state index contributed by atoms with van der Waals surface area (Å²) >= 11 is 1.41. The van der Waals surface area contributed by atoms with E-state index < -0.39 is 21.5 Å². The Hall–Kier alpha value is -2.00. The van der Waals surface area contributed by atoms with Crippen molar-refractivity contribution in [3.8, 4) is 0 Å². The first-order chi connectivity index (χ1) is 13.7. The van der Waals surface area contributed by atoms with Crippen LogP contribution in [0.2, 0.25) is 0 Å². The number of amides is 1. The van der Waals surface area contributed by atoms with Crippen molar-refractivity contribution in [3.05, 3.63) is 53.6 Å². The van der Waals surface area contributed by atoms with Crippen LogP contribution < -0.4 is 4.90 Å². The standard InChI is InChI=1S/C21H25N3O3S2.ClH/c1-15-12-18-19(13-16(15)2)28-21(22-18)24(11-10-23(3)4)20(25)14-29(26,27)17-8-6-5-7-9-17;/h5-9,12-13H,10-11,14H2,1-4H3;1H. The number of halogens is 1. The van der Waals surface area contributed by atoms with Gasteiger partial charge in [-0.05, 0) is 63.3 Å². The van der Waals surface area contributed by atoms with E-state index in [9.17, 15) is 13.2 Å². The molecule has 0 unspecified atom stereocenters. The summed E-state index contributed by atoms with van der Waals surface area (Å²) in [6, 6.07) is 12.1. The van der Waals surface area contributed by atoms with Crippen molar-refractivity contribution in [1.82, 2.24) is 9.88 Å². The lowest BCUT2D eigenvalue weighted by atomic mass is 10.1. The number of carbonyl (C=O) groups is 1. The average molecular weight is 468 g/mol. The average Bonchev–Trinajstić information content (AvgIpc) is 3.04. The second-order valence-electron chi connectivity index (χ2n) is 7.32. The van der Waals surface area contributed by atoms with Crippen LogP contribution in [-0.4, -0.2) is 57.1 Å². The van der Waals surface area contributed by atoms with Crippen LogP contribution in [0.25, 0.3) is 10.2 Å². The minimum absolute atomic E-state index is 0. The quantitative estimate of drug-likeness (QED) is 0.529. The van der Waals surface area contributed by atoms with Gasteiger partial charge in [-0.25, -0.2) is 13.4 Å². The van der Waals surface area contributed by atoms with Crippen LogP contribution in [0.5, 0.6) is 0 Å². The molecule has 0 saturated heterocycles. The molecule has 0 aliphatic carbocycles. The van der Waals surface area contributed by atoms with E-state index in [1.54, 1.807) is 18.2 Å². The Morgan fingerprint density at radius 3 is 2.30 bits per heavy atom. The molecule has 0 spiro atoms. The Balaban J connectivity index is 0.00000320. The van der Waals surface area contributed by atoms with Crippen LogP contribution in [0.4, 0.5) is 5.13 Å². The molecule has 3 aromatic rings. The molecule has 0 bridgehead atoms. The van der Waals surface area contributed by atoms with Gasteiger partial charge >= 0.3 is 0 Å². The highest BCUT2D eigenvalue weighted by atomic mass is 35.5. The zero-order chi connectivity index (χ0) is 21.2. The first-order valence-corrected chi connectivity index (χ1v) is 11.7. The van der Waals surface area contributed by atoms with E-state index >= 15 is 0 Å². The van der Waals surface area contributed by atoms with Crippen LogP contribution >= 0.6 is 23.7 Å². The van der Waals surface area contributed by atoms with Crippen molar-refractivity contribution in [2.24, 2.45) is 0 Å². The van der Waals surface area contributed by atoms with E-state index in [0.29, 0.717) is 18.2 Å². The molecule has 0 radical (unpaired) electrons. The first kappa shape index (κ1) is 24.3. The van der Waals surface area contributed by atoms with Crippen molar-refractivity contribution >= 4 is 54.8 Å². The first-order valence-electron chi connectivity index (χ1n) is 9.28. The van der Waals surface area contributed by atoms with E-state index in [1.165, 1.54) is 28.4 Å². The van der Waals surface area contributed by atoms with Gasteiger partial charge < -0.3 is 4.90 Å². The molecule has 6 nitrogen and oxygen atoms in total. The maximum atomic E-state index is 13.1. The van der Waals surface area contributed by atoms with Gasteiger partial charge in [0.25, 0.3) is 0 Å². The number of aryl methyl sites for hydroxylation is 2. The number of nitrogens with zero attached hydrogens (tertiary/aromatic N) is 3. The van der Waals surface area contributed by atoms with Crippen molar-refractivity contribution in [1.29, 1.82) is 0 Å². The maximum Gasteiger partial charge on any atom is 0.244 e. The number of hydrogen-bond acceptors (Lipinski definition) is 6. The Morgan fingerprint density at radius 2 is 1.67 bits per heavy atom. The summed E-state index contributed by atoms with van der Waals surface area (Å²) in [7, 11) is 0.0997. The number of carbonyl (C=O) groups excluding carboxylic acids is 1. The molecule has 162 valence electrons. The second kappa shape index (κ2) is 9.87. The van der Waals surface area contributed by atoms with E-state index in [0.717, 1.165) is 21.3 Å². The van der Waals surface area contributed by atoms with Gasteiger partial charge in [0.05, 0.1) is 15.1 Å². The zero-order valence-corrected chi connectivity index (χ0v) is 19.9. The third-order valence-corrected chi connectivity index (χ3v) is 7.37. The maximum absolute atomic E-state index is 13.1. The summed E-state index contributed by atoms with van der Waals surface area (Å²) in [6.45, 7) is 5.03. The molecular formula is C21H26ClN3O3S2. The summed E-state index contributed by atoms with van der Waals surface area (Å²) in [4.78, 5) is 21.3. The largest absolute Gasteiger partial charge is 0.308 e. The molecule has 0 aliphatic rings. The lowest BCUT2D eigenvalue weighted by Gasteiger charge is -2.22. The number of sulfone groups is 1. The van der Waals surface area contributed by atoms with Gasteiger partial charge in [-0.2, -0.15) is 0 Å². The van der Waals surface area contributed by atoms with Gasteiger partial charge in [0, 0.05) is 13.1 Å². The molecule has 3 rings (SSSR count). The Kier molecular flexibility index (Phi) is 7.99. The fourth-order valence-electron chi connectivity index (χ4n) is 2.86. The van der Waals surface area contributed by atoms with Crippen molar-refractivity contribution < 1.29 is 13.2 Å². The topological polar surface area (TPSA) is 70.6 Å². The monoisotopic (exact) mass is 467 g/mol. The summed E-state index contributed by atoms with van der Waals surface area (Å²) in [6.07, 6.45) is 0. The molecule has 9 heteroatoms. The highest BCUT2D eigenvalue weighted by Gasteiger charge is 2.26. The zero-order valence-electron chi connectivity index (χ0n) is 17.5. The number of aromatic nitrogens is 1. The van der Waals surface area contributed by atoms with Crippen LogP contribution in [0.1, 0.15) is 11.1 Å². The molecule has 1 aromatic heterocycles. The molecule has 0 atom stereocenters. The predicted octanol–water partition coefficient (Wildman–Crippen LogP) is 3.70. The smallest absolute Gasteiger partial charge is 0.244 e. The molecule has 0 fully saturated rings. The minimum atomic E-state index is -3.72. The summed E-state index contributed by atoms with van der Waals surface area (Å²) in [5.74, 6) is -1.05. The third-order valence-electron chi connectivity index (χ3n) is 4.71. The number of rotatable bonds is 7. The van der Waals surface area contributed by atoms with Crippen molar-refractivity contribution in [3.63, 3.8) is 0 Å². The van der Waals surface area contributed by atoms with Gasteiger partial charge in [0.2, 0.25) is 5.91 Å². The number of anilines is 1. The number of benzene rings is 2. The van der Waals surface area contributed by atoms with Gasteiger partial charge in [0.1, 0.15) is 5.75 Å². The van der Waals surface area contributed by atoms with E-state index in [2.05, 4.69) is 11.1 Å². The van der Waals surface area contributed by atoms with Crippen LogP contribution in [0.3, 0.4) is 0 Å². The predicted molar refractivity (Wildman–Crippen MR) is 126 cm³/mol. The molecule has 2 aromatic carbocycles. The molecular weight excluding hydrogens is 442 g/mol. The molecule has 0 aliphatic heterocycles. The third kappa shape index (κ3) is 5.57. The van der Waals surface area contributed by atoms with Gasteiger partial charge in [-0.3, -0.25) is 9.69 Å². The second-order valence-corrected chi connectivity index (χ2v) is 10.3. The fourth-order valence-corrected chi connectivity index (χ4v) is 5.17. The Bertz CT molecular complexity index is 1090. The summed E-state index contributed by atoms with van der Waals surface area (Å²) < 4.78 is 26.4. The van der Waals surface area contributed by atoms with Crippen LogP contribution in [0, 0.1) is 13.8 Å². The van der Waals surface area contributed by atoms with Crippen molar-refractivity contribution in [2.45, 2.75) is 18.7 Å². The van der Waals surface area contributed by atoms with E-state index in [4.69, 9.17) is 0 Å². The van der Waals surface area contributed by atoms with Gasteiger partial charge in [-0.1, -0.05) is 29.5 Å². The lowest BCUT2D eigenvalue weighted by molar-refractivity contribution is -0.116. The highest BCUT2D eigenvalue weighted by Crippen LogP contribution is 2.31. The van der Waals surface area contributed by atoms with Crippen LogP contribution in [-0.2, 0) is 14.6 Å². The summed E-state index contributed by atoms with van der Waals surface area (Å²) in [5, 5.41) is 0.528. The number of thiazole rings is 1. The van der Waals surface area contributed by atoms with Gasteiger partial charge in [-0.15, -0.1) is 12.4 Å². The molecule has 0 saturated carbocycles. The number of fused-ring (bicyclic) bond motifs is 1. The molecule has 0 N–H and O–H groups in total. The fraction of sp³-hybridized carbons (Fsp3) is 0.333. The lowest BCUT2D eigenvalue weighted by Crippen LogP contribution is -2.40. The molecule has 30 heavy (non-hydrogen) atoms. The Labute approximate surface area is 187 Å². The van der Waals surface area contributed by atoms with E-state index in [1.807, 2.05) is 38.9 Å². The number of likely N-dealkylation sites (N-methyl/N-ethyl adjacent to an activating group) is 1. The van der Waals surface area contributed by atoms with Crippen molar-refractivity contribution in [2.75, 3.05) is 37.8 Å². The molecule has 1 heterocycles. The number of hydrogen-bond donors (Lipinski definition) is 0. The molecule has 1 amide bonds. The SMILES string of the molecule is Cc1cc2nc(N(CCN(C)C)C(=O)CS(=O)(=O)c3ccccc3)sc2cc1C.Cl. The van der Waals surface area contributed by atoms with E-state index in [-0.39, 0.29) is 17.3 Å². The Morgan fingerprint density at radius 1 is 1.03 bits per heavy atom. The normalized spacial score (nSPS) is 11.5. The summed E-state index contributed by atoms with van der Waals surface area (Å²) in [5.41, 5.74) is 3.11.